The predicted octanol–water partition coefficient (Wildman–Crippen LogP) is 15.4. The van der Waals surface area contributed by atoms with Gasteiger partial charge in [0.2, 0.25) is 0 Å². The number of benzene rings is 10. The molecule has 2 aromatic heterocycles. The molecule has 3 heteroatoms. The largest absolute Gasteiger partial charge is 0.309 e. The van der Waals surface area contributed by atoms with Crippen molar-refractivity contribution in [3.63, 3.8) is 0 Å². The second-order valence-corrected chi connectivity index (χ2v) is 15.7. The normalized spacial score (nSPS) is 11.6. The Morgan fingerprint density at radius 3 is 1.41 bits per heavy atom. The molecular formula is C58H37N3. The van der Waals surface area contributed by atoms with Gasteiger partial charge in [-0.3, -0.25) is 0 Å². The van der Waals surface area contributed by atoms with E-state index in [0.29, 0.717) is 5.82 Å². The van der Waals surface area contributed by atoms with E-state index >= 15 is 0 Å². The summed E-state index contributed by atoms with van der Waals surface area (Å²) in [5.74, 6) is 0.704. The summed E-state index contributed by atoms with van der Waals surface area (Å²) in [6.45, 7) is 0. The fourth-order valence-electron chi connectivity index (χ4n) is 9.35. The molecule has 0 radical (unpaired) electrons. The van der Waals surface area contributed by atoms with Gasteiger partial charge in [0.25, 0.3) is 0 Å². The summed E-state index contributed by atoms with van der Waals surface area (Å²) >= 11 is 0. The third kappa shape index (κ3) is 5.90. The molecule has 61 heavy (non-hydrogen) atoms. The van der Waals surface area contributed by atoms with Crippen LogP contribution in [0.5, 0.6) is 0 Å². The van der Waals surface area contributed by atoms with Gasteiger partial charge in [0.1, 0.15) is 0 Å². The molecule has 10 aromatic carbocycles. The number of aromatic nitrogens is 3. The summed E-state index contributed by atoms with van der Waals surface area (Å²) in [4.78, 5) is 10.2. The first-order chi connectivity index (χ1) is 30.2. The lowest BCUT2D eigenvalue weighted by molar-refractivity contribution is 1.16. The van der Waals surface area contributed by atoms with Gasteiger partial charge in [-0.2, -0.15) is 0 Å². The Hall–Kier alpha value is -8.14. The fourth-order valence-corrected chi connectivity index (χ4v) is 9.35. The van der Waals surface area contributed by atoms with Crippen molar-refractivity contribution in [2.45, 2.75) is 0 Å². The van der Waals surface area contributed by atoms with Crippen molar-refractivity contribution in [2.24, 2.45) is 0 Å². The Labute approximate surface area is 353 Å². The van der Waals surface area contributed by atoms with Crippen LogP contribution in [0.25, 0.3) is 116 Å². The zero-order chi connectivity index (χ0) is 40.3. The average molecular weight is 776 g/mol. The molecule has 3 nitrogen and oxygen atoms in total. The van der Waals surface area contributed by atoms with Gasteiger partial charge in [0, 0.05) is 33.2 Å². The number of fused-ring (bicyclic) bond motifs is 9. The van der Waals surface area contributed by atoms with E-state index in [1.165, 1.54) is 65.3 Å². The highest BCUT2D eigenvalue weighted by Crippen LogP contribution is 2.41. The van der Waals surface area contributed by atoms with Gasteiger partial charge in [-0.05, 0) is 91.0 Å². The number of hydrogen-bond donors (Lipinski definition) is 0. The Bertz CT molecular complexity index is 3550. The van der Waals surface area contributed by atoms with Crippen LogP contribution in [0, 0.1) is 0 Å². The van der Waals surface area contributed by atoms with Crippen molar-refractivity contribution in [3.05, 3.63) is 224 Å². The molecule has 0 atom stereocenters. The van der Waals surface area contributed by atoms with Crippen LogP contribution in [-0.2, 0) is 0 Å². The first kappa shape index (κ1) is 34.9. The van der Waals surface area contributed by atoms with Crippen LogP contribution < -0.4 is 0 Å². The number of para-hydroxylation sites is 1. The molecule has 0 aliphatic carbocycles. The van der Waals surface area contributed by atoms with Crippen molar-refractivity contribution >= 4 is 54.1 Å². The lowest BCUT2D eigenvalue weighted by Crippen LogP contribution is -1.98. The Kier molecular flexibility index (Phi) is 8.17. The van der Waals surface area contributed by atoms with E-state index < -0.39 is 0 Å². The molecular weight excluding hydrogens is 739 g/mol. The molecule has 12 rings (SSSR count). The van der Waals surface area contributed by atoms with E-state index in [9.17, 15) is 0 Å². The first-order valence-corrected chi connectivity index (χ1v) is 20.8. The van der Waals surface area contributed by atoms with Gasteiger partial charge in [-0.15, -0.1) is 0 Å². The number of nitrogens with zero attached hydrogens (tertiary/aromatic N) is 3. The molecule has 2 heterocycles. The highest BCUT2D eigenvalue weighted by Gasteiger charge is 2.18. The van der Waals surface area contributed by atoms with Gasteiger partial charge in [-0.25, -0.2) is 9.97 Å². The second-order valence-electron chi connectivity index (χ2n) is 15.7. The number of rotatable bonds is 6. The summed E-state index contributed by atoms with van der Waals surface area (Å²) in [6.07, 6.45) is 0. The maximum absolute atomic E-state index is 5.17. The molecule has 0 fully saturated rings. The van der Waals surface area contributed by atoms with Gasteiger partial charge in [-0.1, -0.05) is 188 Å². The molecule has 0 spiro atoms. The lowest BCUT2D eigenvalue weighted by atomic mass is 9.89. The summed E-state index contributed by atoms with van der Waals surface area (Å²) in [6, 6.07) is 80.6. The summed E-state index contributed by atoms with van der Waals surface area (Å²) in [5, 5.41) is 10.1. The maximum Gasteiger partial charge on any atom is 0.160 e. The fraction of sp³-hybridized carbons (Fsp3) is 0. The molecule has 0 N–H and O–H groups in total. The lowest BCUT2D eigenvalue weighted by Gasteiger charge is -2.15. The van der Waals surface area contributed by atoms with E-state index in [1.807, 2.05) is 24.3 Å². The van der Waals surface area contributed by atoms with Gasteiger partial charge < -0.3 is 4.57 Å². The van der Waals surface area contributed by atoms with Crippen LogP contribution in [0.15, 0.2) is 224 Å². The highest BCUT2D eigenvalue weighted by atomic mass is 15.0. The zero-order valence-electron chi connectivity index (χ0n) is 33.2. The molecule has 0 unspecified atom stereocenters. The Morgan fingerprint density at radius 2 is 0.738 bits per heavy atom. The van der Waals surface area contributed by atoms with E-state index in [4.69, 9.17) is 9.97 Å². The minimum atomic E-state index is 0.704. The molecule has 0 saturated heterocycles. The zero-order valence-corrected chi connectivity index (χ0v) is 33.2. The van der Waals surface area contributed by atoms with Crippen molar-refractivity contribution < 1.29 is 0 Å². The summed E-state index contributed by atoms with van der Waals surface area (Å²) in [5.41, 5.74) is 13.0. The van der Waals surface area contributed by atoms with Crippen LogP contribution in [0.2, 0.25) is 0 Å². The Morgan fingerprint density at radius 1 is 0.262 bits per heavy atom. The quantitative estimate of drug-likeness (QED) is 0.158. The van der Waals surface area contributed by atoms with Crippen LogP contribution in [0.3, 0.4) is 0 Å². The van der Waals surface area contributed by atoms with Crippen LogP contribution in [0.4, 0.5) is 0 Å². The molecule has 0 saturated carbocycles. The molecule has 0 aliphatic rings. The van der Waals surface area contributed by atoms with E-state index in [1.54, 1.807) is 0 Å². The molecule has 0 bridgehead atoms. The van der Waals surface area contributed by atoms with Crippen LogP contribution in [-0.4, -0.2) is 14.5 Å². The van der Waals surface area contributed by atoms with Crippen LogP contribution in [0.1, 0.15) is 0 Å². The van der Waals surface area contributed by atoms with Gasteiger partial charge >= 0.3 is 0 Å². The maximum atomic E-state index is 5.17. The van der Waals surface area contributed by atoms with Crippen molar-refractivity contribution in [2.75, 3.05) is 0 Å². The van der Waals surface area contributed by atoms with Gasteiger partial charge in [0.15, 0.2) is 5.82 Å². The first-order valence-electron chi connectivity index (χ1n) is 20.8. The molecule has 12 aromatic rings. The van der Waals surface area contributed by atoms with E-state index in [2.05, 4.69) is 205 Å². The second kappa shape index (κ2) is 14.3. The van der Waals surface area contributed by atoms with Crippen molar-refractivity contribution in [1.29, 1.82) is 0 Å². The minimum absolute atomic E-state index is 0.704. The average Bonchev–Trinajstić information content (AvgIpc) is 3.68. The molecule has 0 aliphatic heterocycles. The molecule has 284 valence electrons. The van der Waals surface area contributed by atoms with Gasteiger partial charge in [0.05, 0.1) is 22.4 Å². The minimum Gasteiger partial charge on any atom is -0.309 e. The standard InChI is InChI=1S/C58H37N3/c1-3-16-38(17-4-1)54-37-55(60-58(59-54)39-18-5-2-6-19-39)42-20-15-21-43(34-42)61-56-29-14-13-28-51(56)52-33-31-41(36-57(52)61)45-23-8-7-22-44(45)40-30-32-50-48-26-10-9-24-46(48)47-25-11-12-27-49(47)53(50)35-40/h1-37H. The monoisotopic (exact) mass is 775 g/mol. The summed E-state index contributed by atoms with van der Waals surface area (Å²) in [7, 11) is 0. The van der Waals surface area contributed by atoms with E-state index in [-0.39, 0.29) is 0 Å². The number of hydrogen-bond acceptors (Lipinski definition) is 2. The topological polar surface area (TPSA) is 30.7 Å². The van der Waals surface area contributed by atoms with Crippen molar-refractivity contribution in [1.82, 2.24) is 14.5 Å². The van der Waals surface area contributed by atoms with E-state index in [0.717, 1.165) is 44.8 Å². The Balaban J connectivity index is 1.02. The SMILES string of the molecule is c1ccc(-c2cc(-c3cccc(-n4c5ccccc5c5ccc(-c6ccccc6-c6ccc7c8ccccc8c8ccccc8c7c6)cc54)c3)nc(-c3ccccc3)n2)cc1. The third-order valence-electron chi connectivity index (χ3n) is 12.2. The van der Waals surface area contributed by atoms with Crippen LogP contribution >= 0.6 is 0 Å². The predicted molar refractivity (Wildman–Crippen MR) is 256 cm³/mol. The summed E-state index contributed by atoms with van der Waals surface area (Å²) < 4.78 is 2.41. The highest BCUT2D eigenvalue weighted by molar-refractivity contribution is 6.26. The third-order valence-corrected chi connectivity index (χ3v) is 12.2. The molecule has 0 amide bonds. The smallest absolute Gasteiger partial charge is 0.160 e. The van der Waals surface area contributed by atoms with Crippen molar-refractivity contribution in [3.8, 4) is 61.8 Å².